The summed E-state index contributed by atoms with van der Waals surface area (Å²) in [5.41, 5.74) is 2.04. The highest BCUT2D eigenvalue weighted by molar-refractivity contribution is 5.90. The maximum Gasteiger partial charge on any atom is 0.226 e. The van der Waals surface area contributed by atoms with Crippen LogP contribution in [0.25, 0.3) is 0 Å². The Bertz CT molecular complexity index is 336. The van der Waals surface area contributed by atoms with E-state index in [9.17, 15) is 4.79 Å². The zero-order chi connectivity index (χ0) is 12.5. The molecule has 1 aromatic rings. The molecule has 0 saturated heterocycles. The number of carbonyl (C=O) groups excluding carboxylic acids is 1. The summed E-state index contributed by atoms with van der Waals surface area (Å²) in [7, 11) is 1.59. The Morgan fingerprint density at radius 1 is 1.29 bits per heavy atom. The molecule has 0 heterocycles. The van der Waals surface area contributed by atoms with Gasteiger partial charge in [0.2, 0.25) is 5.91 Å². The largest absolute Gasteiger partial charge is 0.384 e. The van der Waals surface area contributed by atoms with E-state index in [2.05, 4.69) is 17.6 Å². The third kappa shape index (κ3) is 5.47. The Kier molecular flexibility index (Phi) is 6.29. The molecular weight excluding hydrogens is 216 g/mol. The zero-order valence-corrected chi connectivity index (χ0v) is 10.5. The van der Waals surface area contributed by atoms with Gasteiger partial charge in [-0.2, -0.15) is 0 Å². The van der Waals surface area contributed by atoms with Crippen molar-refractivity contribution in [1.82, 2.24) is 5.32 Å². The van der Waals surface area contributed by atoms with Gasteiger partial charge < -0.3 is 15.4 Å². The zero-order valence-electron chi connectivity index (χ0n) is 10.5. The minimum atomic E-state index is -0.0220. The first-order valence-corrected chi connectivity index (χ1v) is 5.84. The first kappa shape index (κ1) is 13.7. The summed E-state index contributed by atoms with van der Waals surface area (Å²) < 4.78 is 4.84. The van der Waals surface area contributed by atoms with Gasteiger partial charge in [0.05, 0.1) is 13.0 Å². The fourth-order valence-electron chi connectivity index (χ4n) is 1.39. The quantitative estimate of drug-likeness (QED) is 0.758. The van der Waals surface area contributed by atoms with Crippen LogP contribution in [0.1, 0.15) is 18.9 Å². The summed E-state index contributed by atoms with van der Waals surface area (Å²) in [4.78, 5) is 11.4. The highest BCUT2D eigenvalue weighted by atomic mass is 16.5. The van der Waals surface area contributed by atoms with Crippen molar-refractivity contribution in [1.29, 1.82) is 0 Å². The average Bonchev–Trinajstić information content (AvgIpc) is 2.35. The molecule has 0 aliphatic heterocycles. The van der Waals surface area contributed by atoms with E-state index in [-0.39, 0.29) is 5.91 Å². The van der Waals surface area contributed by atoms with Crippen LogP contribution in [0.2, 0.25) is 0 Å². The number of nitrogens with one attached hydrogen (secondary N) is 2. The molecule has 0 radical (unpaired) electrons. The number of amides is 1. The van der Waals surface area contributed by atoms with Gasteiger partial charge in [-0.05, 0) is 24.2 Å². The van der Waals surface area contributed by atoms with Crippen molar-refractivity contribution in [3.8, 4) is 0 Å². The maximum atomic E-state index is 11.4. The fraction of sp³-hybridized carbons (Fsp3) is 0.462. The van der Waals surface area contributed by atoms with Gasteiger partial charge in [-0.1, -0.05) is 19.1 Å². The number of hydrogen-bond donors (Lipinski definition) is 2. The van der Waals surface area contributed by atoms with Crippen LogP contribution in [0.4, 0.5) is 5.69 Å². The van der Waals surface area contributed by atoms with Crippen LogP contribution in [0.15, 0.2) is 24.3 Å². The molecule has 2 N–H and O–H groups in total. The van der Waals surface area contributed by atoms with Crippen molar-refractivity contribution in [2.45, 2.75) is 19.9 Å². The van der Waals surface area contributed by atoms with Crippen LogP contribution in [0, 0.1) is 0 Å². The number of rotatable bonds is 7. The van der Waals surface area contributed by atoms with Gasteiger partial charge in [-0.3, -0.25) is 4.79 Å². The Balaban J connectivity index is 2.42. The highest BCUT2D eigenvalue weighted by Gasteiger charge is 2.01. The molecule has 0 saturated carbocycles. The van der Waals surface area contributed by atoms with Crippen LogP contribution in [-0.4, -0.2) is 26.2 Å². The summed E-state index contributed by atoms with van der Waals surface area (Å²) in [6, 6.07) is 7.85. The van der Waals surface area contributed by atoms with Gasteiger partial charge in [0, 0.05) is 19.3 Å². The Hall–Kier alpha value is -1.39. The topological polar surface area (TPSA) is 50.4 Å². The van der Waals surface area contributed by atoms with E-state index in [0.29, 0.717) is 13.0 Å². The van der Waals surface area contributed by atoms with Crippen molar-refractivity contribution in [2.24, 2.45) is 0 Å². The van der Waals surface area contributed by atoms with E-state index >= 15 is 0 Å². The number of carbonyl (C=O) groups is 1. The first-order chi connectivity index (χ1) is 8.26. The SMILES string of the molecule is CCNCc1ccc(NC(=O)CCOC)cc1. The van der Waals surface area contributed by atoms with Crippen LogP contribution >= 0.6 is 0 Å². The minimum Gasteiger partial charge on any atom is -0.384 e. The standard InChI is InChI=1S/C13H20N2O2/c1-3-14-10-11-4-6-12(7-5-11)15-13(16)8-9-17-2/h4-7,14H,3,8-10H2,1-2H3,(H,15,16). The molecule has 0 bridgehead atoms. The predicted octanol–water partition coefficient (Wildman–Crippen LogP) is 1.77. The van der Waals surface area contributed by atoms with Gasteiger partial charge in [0.1, 0.15) is 0 Å². The third-order valence-electron chi connectivity index (χ3n) is 2.35. The monoisotopic (exact) mass is 236 g/mol. The molecule has 0 aliphatic carbocycles. The normalized spacial score (nSPS) is 10.2. The lowest BCUT2D eigenvalue weighted by molar-refractivity contribution is -0.117. The summed E-state index contributed by atoms with van der Waals surface area (Å²) >= 11 is 0. The van der Waals surface area contributed by atoms with E-state index in [0.717, 1.165) is 18.8 Å². The van der Waals surface area contributed by atoms with Crippen molar-refractivity contribution in [2.75, 3.05) is 25.6 Å². The molecule has 1 aromatic carbocycles. The first-order valence-electron chi connectivity index (χ1n) is 5.84. The molecule has 17 heavy (non-hydrogen) atoms. The van der Waals surface area contributed by atoms with Crippen LogP contribution in [0.5, 0.6) is 0 Å². The molecule has 0 fully saturated rings. The number of methoxy groups -OCH3 is 1. The smallest absolute Gasteiger partial charge is 0.226 e. The average molecular weight is 236 g/mol. The molecular formula is C13H20N2O2. The number of anilines is 1. The number of hydrogen-bond acceptors (Lipinski definition) is 3. The third-order valence-corrected chi connectivity index (χ3v) is 2.35. The molecule has 0 aliphatic rings. The Morgan fingerprint density at radius 3 is 2.59 bits per heavy atom. The Labute approximate surface area is 102 Å². The van der Waals surface area contributed by atoms with Crippen molar-refractivity contribution < 1.29 is 9.53 Å². The van der Waals surface area contributed by atoms with Gasteiger partial charge >= 0.3 is 0 Å². The maximum absolute atomic E-state index is 11.4. The molecule has 0 atom stereocenters. The minimum absolute atomic E-state index is 0.0220. The van der Waals surface area contributed by atoms with E-state index in [4.69, 9.17) is 4.74 Å². The van der Waals surface area contributed by atoms with Crippen molar-refractivity contribution in [3.05, 3.63) is 29.8 Å². The van der Waals surface area contributed by atoms with Crippen LogP contribution in [-0.2, 0) is 16.1 Å². The predicted molar refractivity (Wildman–Crippen MR) is 68.9 cm³/mol. The van der Waals surface area contributed by atoms with Gasteiger partial charge in [0.15, 0.2) is 0 Å². The van der Waals surface area contributed by atoms with Crippen molar-refractivity contribution in [3.63, 3.8) is 0 Å². The molecule has 4 nitrogen and oxygen atoms in total. The van der Waals surface area contributed by atoms with E-state index in [1.807, 2.05) is 24.3 Å². The molecule has 0 spiro atoms. The highest BCUT2D eigenvalue weighted by Crippen LogP contribution is 2.09. The summed E-state index contributed by atoms with van der Waals surface area (Å²) in [6.07, 6.45) is 0.385. The van der Waals surface area contributed by atoms with E-state index in [1.165, 1.54) is 5.56 Å². The second-order valence-electron chi connectivity index (χ2n) is 3.77. The second kappa shape index (κ2) is 7.81. The van der Waals surface area contributed by atoms with Gasteiger partial charge in [-0.25, -0.2) is 0 Å². The van der Waals surface area contributed by atoms with Gasteiger partial charge in [-0.15, -0.1) is 0 Å². The summed E-state index contributed by atoms with van der Waals surface area (Å²) in [5, 5.41) is 6.07. The van der Waals surface area contributed by atoms with E-state index in [1.54, 1.807) is 7.11 Å². The molecule has 1 amide bonds. The summed E-state index contributed by atoms with van der Waals surface area (Å²) in [6.45, 7) is 4.33. The Morgan fingerprint density at radius 2 is 2.00 bits per heavy atom. The molecule has 1 rings (SSSR count). The molecule has 0 aromatic heterocycles. The lowest BCUT2D eigenvalue weighted by Crippen LogP contribution is -2.14. The van der Waals surface area contributed by atoms with Crippen LogP contribution < -0.4 is 10.6 Å². The summed E-state index contributed by atoms with van der Waals surface area (Å²) in [5.74, 6) is -0.0220. The van der Waals surface area contributed by atoms with Crippen molar-refractivity contribution >= 4 is 11.6 Å². The van der Waals surface area contributed by atoms with Gasteiger partial charge in [0.25, 0.3) is 0 Å². The lowest BCUT2D eigenvalue weighted by Gasteiger charge is -2.06. The molecule has 4 heteroatoms. The molecule has 0 unspecified atom stereocenters. The number of benzene rings is 1. The van der Waals surface area contributed by atoms with E-state index < -0.39 is 0 Å². The molecule has 94 valence electrons. The second-order valence-corrected chi connectivity index (χ2v) is 3.77. The van der Waals surface area contributed by atoms with Crippen LogP contribution in [0.3, 0.4) is 0 Å². The fourth-order valence-corrected chi connectivity index (χ4v) is 1.39. The lowest BCUT2D eigenvalue weighted by atomic mass is 10.2. The number of ether oxygens (including phenoxy) is 1.